The van der Waals surface area contributed by atoms with Crippen LogP contribution in [-0.4, -0.2) is 73.7 Å². The molecule has 4 rings (SSSR count). The number of ether oxygens (including phenoxy) is 2. The van der Waals surface area contributed by atoms with Crippen molar-refractivity contribution in [2.45, 2.75) is 28.7 Å². The Labute approximate surface area is 216 Å². The molecule has 0 bridgehead atoms. The molecule has 2 fully saturated rings. The summed E-state index contributed by atoms with van der Waals surface area (Å²) in [5.41, 5.74) is 0.574. The Kier molecular flexibility index (Phi) is 8.16. The minimum absolute atomic E-state index is 0.00771. The number of nitrogens with one attached hydrogen (secondary N) is 1. The molecule has 13 heteroatoms. The smallest absolute Gasteiger partial charge is 0.244 e. The molecule has 2 aromatic rings. The van der Waals surface area contributed by atoms with Gasteiger partial charge < -0.3 is 14.4 Å². The van der Waals surface area contributed by atoms with Crippen molar-refractivity contribution in [2.24, 2.45) is 0 Å². The zero-order valence-electron chi connectivity index (χ0n) is 19.1. The van der Waals surface area contributed by atoms with Crippen LogP contribution in [0.15, 0.2) is 46.2 Å². The highest BCUT2D eigenvalue weighted by atomic mass is 35.5. The van der Waals surface area contributed by atoms with Crippen molar-refractivity contribution in [3.63, 3.8) is 0 Å². The maximum absolute atomic E-state index is 13.1. The molecule has 2 heterocycles. The fourth-order valence-corrected chi connectivity index (χ4v) is 7.41. The summed E-state index contributed by atoms with van der Waals surface area (Å²) in [7, 11) is -6.10. The van der Waals surface area contributed by atoms with Crippen molar-refractivity contribution in [3.05, 3.63) is 46.4 Å². The lowest BCUT2D eigenvalue weighted by atomic mass is 10.2. The van der Waals surface area contributed by atoms with Gasteiger partial charge in [-0.25, -0.2) is 21.6 Å². The predicted molar refractivity (Wildman–Crippen MR) is 135 cm³/mol. The number of hydrogen-bond donors (Lipinski definition) is 1. The molecule has 2 aliphatic rings. The number of nitrogens with zero attached hydrogens (tertiary/aromatic N) is 2. The Bertz CT molecular complexity index is 1280. The Morgan fingerprint density at radius 3 is 2.49 bits per heavy atom. The normalized spacial score (nSPS) is 19.7. The lowest BCUT2D eigenvalue weighted by molar-refractivity contribution is 0.114. The van der Waals surface area contributed by atoms with Crippen molar-refractivity contribution in [1.82, 2.24) is 9.03 Å². The van der Waals surface area contributed by atoms with Gasteiger partial charge in [0.15, 0.2) is 0 Å². The summed E-state index contributed by atoms with van der Waals surface area (Å²) in [4.78, 5) is 1.97. The van der Waals surface area contributed by atoms with E-state index in [0.717, 1.165) is 12.8 Å². The molecule has 9 nitrogen and oxygen atoms in total. The largest absolute Gasteiger partial charge is 0.495 e. The van der Waals surface area contributed by atoms with E-state index in [0.29, 0.717) is 31.1 Å². The number of sulfonamides is 2. The first-order valence-corrected chi connectivity index (χ1v) is 14.8. The quantitative estimate of drug-likeness (QED) is 0.526. The zero-order valence-corrected chi connectivity index (χ0v) is 22.3. The van der Waals surface area contributed by atoms with E-state index in [2.05, 4.69) is 4.72 Å². The average Bonchev–Trinajstić information content (AvgIpc) is 3.38. The van der Waals surface area contributed by atoms with Gasteiger partial charge in [0.2, 0.25) is 20.0 Å². The molecule has 1 atom stereocenters. The van der Waals surface area contributed by atoms with E-state index >= 15 is 0 Å². The van der Waals surface area contributed by atoms with Crippen LogP contribution in [0.25, 0.3) is 0 Å². The summed E-state index contributed by atoms with van der Waals surface area (Å²) in [5.74, 6) is 0.497. The average molecular weight is 565 g/mol. The number of halogens is 2. The van der Waals surface area contributed by atoms with Crippen molar-refractivity contribution in [1.29, 1.82) is 0 Å². The molecule has 0 amide bonds. The van der Waals surface area contributed by atoms with Gasteiger partial charge in [0.25, 0.3) is 0 Å². The molecule has 0 saturated carbocycles. The monoisotopic (exact) mass is 563 g/mol. The molecular weight excluding hydrogens is 537 g/mol. The van der Waals surface area contributed by atoms with Gasteiger partial charge in [-0.3, -0.25) is 0 Å². The van der Waals surface area contributed by atoms with Crippen molar-refractivity contribution < 1.29 is 26.3 Å². The van der Waals surface area contributed by atoms with E-state index < -0.39 is 20.0 Å². The molecule has 0 spiro atoms. The second kappa shape index (κ2) is 10.8. The summed E-state index contributed by atoms with van der Waals surface area (Å²) in [6, 6.07) is 9.14. The van der Waals surface area contributed by atoms with E-state index in [4.69, 9.17) is 32.7 Å². The Hall–Kier alpha value is -1.60. The Morgan fingerprint density at radius 2 is 1.83 bits per heavy atom. The minimum atomic E-state index is -3.84. The second-order valence-electron chi connectivity index (χ2n) is 8.26. The van der Waals surface area contributed by atoms with Crippen LogP contribution in [0.5, 0.6) is 5.75 Å². The van der Waals surface area contributed by atoms with E-state index in [1.165, 1.54) is 29.6 Å². The van der Waals surface area contributed by atoms with Crippen LogP contribution in [0.2, 0.25) is 10.0 Å². The molecule has 2 saturated heterocycles. The standard InChI is InChI=1S/C22H27Cl2N3O6S2/c1-32-20-8-7-17(34(28,29)25-15-16-4-3-13-33-16)14-19(20)26-9-11-27(12-10-26)35(30,31)21-6-2-5-18(23)22(21)24/h2,5-8,14,16,25H,3-4,9-13,15H2,1H3. The van der Waals surface area contributed by atoms with Crippen LogP contribution in [-0.2, 0) is 24.8 Å². The van der Waals surface area contributed by atoms with Crippen LogP contribution in [0, 0.1) is 0 Å². The SMILES string of the molecule is COc1ccc(S(=O)(=O)NCC2CCCO2)cc1N1CCN(S(=O)(=O)c2cccc(Cl)c2Cl)CC1. The van der Waals surface area contributed by atoms with Gasteiger partial charge in [0.05, 0.1) is 33.8 Å². The van der Waals surface area contributed by atoms with Gasteiger partial charge in [0.1, 0.15) is 10.6 Å². The second-order valence-corrected chi connectivity index (χ2v) is 12.7. The summed E-state index contributed by atoms with van der Waals surface area (Å²) >= 11 is 12.2. The van der Waals surface area contributed by atoms with Gasteiger partial charge >= 0.3 is 0 Å². The summed E-state index contributed by atoms with van der Waals surface area (Å²) < 4.78 is 67.0. The fraction of sp³-hybridized carbons (Fsp3) is 0.455. The lowest BCUT2D eigenvalue weighted by Crippen LogP contribution is -2.48. The molecule has 1 N–H and O–H groups in total. The van der Waals surface area contributed by atoms with Crippen LogP contribution >= 0.6 is 23.2 Å². The molecule has 0 aromatic heterocycles. The van der Waals surface area contributed by atoms with Crippen molar-refractivity contribution >= 4 is 48.9 Å². The highest BCUT2D eigenvalue weighted by molar-refractivity contribution is 7.89. The van der Waals surface area contributed by atoms with E-state index in [1.54, 1.807) is 18.2 Å². The molecule has 192 valence electrons. The van der Waals surface area contributed by atoms with Crippen molar-refractivity contribution in [2.75, 3.05) is 51.3 Å². The molecule has 2 aromatic carbocycles. The van der Waals surface area contributed by atoms with E-state index in [9.17, 15) is 16.8 Å². The first kappa shape index (κ1) is 26.5. The summed E-state index contributed by atoms with van der Waals surface area (Å²) in [6.45, 7) is 1.89. The van der Waals surface area contributed by atoms with Gasteiger partial charge in [-0.15, -0.1) is 0 Å². The number of anilines is 1. The van der Waals surface area contributed by atoms with Gasteiger partial charge in [-0.05, 0) is 43.2 Å². The lowest BCUT2D eigenvalue weighted by Gasteiger charge is -2.36. The zero-order chi connectivity index (χ0) is 25.2. The van der Waals surface area contributed by atoms with E-state index in [1.807, 2.05) is 4.90 Å². The van der Waals surface area contributed by atoms with Crippen LogP contribution in [0.1, 0.15) is 12.8 Å². The van der Waals surface area contributed by atoms with Crippen molar-refractivity contribution in [3.8, 4) is 5.75 Å². The molecular formula is C22H27Cl2N3O6S2. The summed E-state index contributed by atoms with van der Waals surface area (Å²) in [5, 5.41) is 0.161. The third-order valence-corrected chi connectivity index (χ3v) is 10.4. The molecule has 0 aliphatic carbocycles. The number of benzene rings is 2. The van der Waals surface area contributed by atoms with Crippen LogP contribution in [0.3, 0.4) is 0 Å². The maximum atomic E-state index is 13.1. The number of methoxy groups -OCH3 is 1. The van der Waals surface area contributed by atoms with Gasteiger partial charge in [0, 0.05) is 39.3 Å². The predicted octanol–water partition coefficient (Wildman–Crippen LogP) is 2.97. The van der Waals surface area contributed by atoms with Crippen LogP contribution in [0.4, 0.5) is 5.69 Å². The molecule has 1 unspecified atom stereocenters. The third-order valence-electron chi connectivity index (χ3n) is 6.10. The molecule has 2 aliphatic heterocycles. The van der Waals surface area contributed by atoms with Gasteiger partial charge in [-0.2, -0.15) is 4.31 Å². The molecule has 35 heavy (non-hydrogen) atoms. The topological polar surface area (TPSA) is 105 Å². The summed E-state index contributed by atoms with van der Waals surface area (Å²) in [6.07, 6.45) is 1.62. The number of piperazine rings is 1. The number of hydrogen-bond acceptors (Lipinski definition) is 7. The first-order valence-electron chi connectivity index (χ1n) is 11.1. The Morgan fingerprint density at radius 1 is 1.09 bits per heavy atom. The third kappa shape index (κ3) is 5.71. The van der Waals surface area contributed by atoms with Gasteiger partial charge in [-0.1, -0.05) is 29.3 Å². The van der Waals surface area contributed by atoms with E-state index in [-0.39, 0.29) is 45.6 Å². The fourth-order valence-electron chi connectivity index (χ4n) is 4.17. The molecule has 0 radical (unpaired) electrons. The first-order chi connectivity index (χ1) is 16.6. The highest BCUT2D eigenvalue weighted by Crippen LogP contribution is 2.34. The van der Waals surface area contributed by atoms with Crippen LogP contribution < -0.4 is 14.4 Å². The Balaban J connectivity index is 1.50. The highest BCUT2D eigenvalue weighted by Gasteiger charge is 2.32. The maximum Gasteiger partial charge on any atom is 0.244 e. The minimum Gasteiger partial charge on any atom is -0.495 e. The number of rotatable bonds is 8.